The number of carbonyl (C=O) groups is 1. The summed E-state index contributed by atoms with van der Waals surface area (Å²) in [5.41, 5.74) is 0.271. The van der Waals surface area contributed by atoms with Gasteiger partial charge in [0.05, 0.1) is 12.7 Å². The van der Waals surface area contributed by atoms with E-state index < -0.39 is 5.97 Å². The van der Waals surface area contributed by atoms with Gasteiger partial charge < -0.3 is 9.84 Å². The Labute approximate surface area is 109 Å². The fourth-order valence-electron chi connectivity index (χ4n) is 1.39. The lowest BCUT2D eigenvalue weighted by Gasteiger charge is -2.06. The Morgan fingerprint density at radius 2 is 2.00 bits per heavy atom. The first-order valence-corrected chi connectivity index (χ1v) is 6.02. The van der Waals surface area contributed by atoms with Crippen LogP contribution in [0.3, 0.4) is 0 Å². The van der Waals surface area contributed by atoms with Crippen molar-refractivity contribution in [3.8, 4) is 5.75 Å². The van der Waals surface area contributed by atoms with Crippen LogP contribution in [0.2, 0.25) is 0 Å². The molecule has 18 heavy (non-hydrogen) atoms. The Morgan fingerprint density at radius 3 is 2.61 bits per heavy atom. The van der Waals surface area contributed by atoms with E-state index in [0.29, 0.717) is 5.75 Å². The molecule has 2 aromatic rings. The Balaban J connectivity index is 2.21. The fraction of sp³-hybridized carbons (Fsp3) is 0.0769. The third-order valence-corrected chi connectivity index (χ3v) is 3.28. The standard InChI is InChI=1S/C13H11NO3S/c1-17-11-3-2-8-14-12(11)18-10-6-4-9(5-7-10)13(15)16/h2-8H,1H3,(H,15,16). The molecule has 0 saturated heterocycles. The second-order valence-electron chi connectivity index (χ2n) is 3.44. The summed E-state index contributed by atoms with van der Waals surface area (Å²) in [5, 5.41) is 9.56. The first-order valence-electron chi connectivity index (χ1n) is 5.21. The molecule has 2 rings (SSSR count). The van der Waals surface area contributed by atoms with E-state index in [0.717, 1.165) is 9.92 Å². The maximum Gasteiger partial charge on any atom is 0.335 e. The predicted molar refractivity (Wildman–Crippen MR) is 68.3 cm³/mol. The molecule has 0 fully saturated rings. The summed E-state index contributed by atoms with van der Waals surface area (Å²) in [7, 11) is 1.59. The van der Waals surface area contributed by atoms with Crippen molar-refractivity contribution >= 4 is 17.7 Å². The average Bonchev–Trinajstić information content (AvgIpc) is 2.40. The van der Waals surface area contributed by atoms with Crippen molar-refractivity contribution in [3.63, 3.8) is 0 Å². The van der Waals surface area contributed by atoms with Gasteiger partial charge in [-0.3, -0.25) is 0 Å². The Kier molecular flexibility index (Phi) is 3.84. The van der Waals surface area contributed by atoms with E-state index in [2.05, 4.69) is 4.98 Å². The highest BCUT2D eigenvalue weighted by Crippen LogP contribution is 2.32. The molecule has 0 radical (unpaired) electrons. The minimum Gasteiger partial charge on any atom is -0.494 e. The summed E-state index contributed by atoms with van der Waals surface area (Å²) < 4.78 is 5.20. The zero-order chi connectivity index (χ0) is 13.0. The zero-order valence-electron chi connectivity index (χ0n) is 9.66. The van der Waals surface area contributed by atoms with Crippen molar-refractivity contribution in [2.45, 2.75) is 9.92 Å². The zero-order valence-corrected chi connectivity index (χ0v) is 10.5. The number of rotatable bonds is 4. The van der Waals surface area contributed by atoms with Gasteiger partial charge in [-0.2, -0.15) is 0 Å². The van der Waals surface area contributed by atoms with E-state index in [-0.39, 0.29) is 5.56 Å². The summed E-state index contributed by atoms with van der Waals surface area (Å²) >= 11 is 1.43. The van der Waals surface area contributed by atoms with Gasteiger partial charge in [-0.1, -0.05) is 11.8 Å². The van der Waals surface area contributed by atoms with Crippen LogP contribution in [-0.2, 0) is 0 Å². The van der Waals surface area contributed by atoms with Crippen LogP contribution >= 0.6 is 11.8 Å². The van der Waals surface area contributed by atoms with E-state index >= 15 is 0 Å². The average molecular weight is 261 g/mol. The summed E-state index contributed by atoms with van der Waals surface area (Å²) in [6.45, 7) is 0. The molecule has 0 aliphatic heterocycles. The number of pyridine rings is 1. The molecular weight excluding hydrogens is 250 g/mol. The van der Waals surface area contributed by atoms with Gasteiger partial charge in [0.2, 0.25) is 0 Å². The molecule has 0 aliphatic carbocycles. The number of nitrogens with zero attached hydrogens (tertiary/aromatic N) is 1. The Bertz CT molecular complexity index is 554. The van der Waals surface area contributed by atoms with Gasteiger partial charge in [0.25, 0.3) is 0 Å². The Hall–Kier alpha value is -2.01. The molecule has 0 aliphatic rings. The van der Waals surface area contributed by atoms with E-state index in [4.69, 9.17) is 9.84 Å². The monoisotopic (exact) mass is 261 g/mol. The predicted octanol–water partition coefficient (Wildman–Crippen LogP) is 2.94. The van der Waals surface area contributed by atoms with Crippen molar-refractivity contribution in [1.29, 1.82) is 0 Å². The van der Waals surface area contributed by atoms with Crippen molar-refractivity contribution in [3.05, 3.63) is 48.2 Å². The molecule has 1 heterocycles. The topological polar surface area (TPSA) is 59.4 Å². The van der Waals surface area contributed by atoms with Crippen LogP contribution in [0.4, 0.5) is 0 Å². The molecule has 92 valence electrons. The Morgan fingerprint density at radius 1 is 1.28 bits per heavy atom. The smallest absolute Gasteiger partial charge is 0.335 e. The van der Waals surface area contributed by atoms with Crippen LogP contribution in [-0.4, -0.2) is 23.2 Å². The summed E-state index contributed by atoms with van der Waals surface area (Å²) in [6.07, 6.45) is 1.69. The number of aromatic carboxylic acids is 1. The second-order valence-corrected chi connectivity index (χ2v) is 4.50. The minimum atomic E-state index is -0.929. The van der Waals surface area contributed by atoms with Gasteiger partial charge in [0.15, 0.2) is 5.75 Å². The molecule has 1 aromatic heterocycles. The molecule has 4 nitrogen and oxygen atoms in total. The largest absolute Gasteiger partial charge is 0.494 e. The molecular formula is C13H11NO3S. The molecule has 0 spiro atoms. The number of aromatic nitrogens is 1. The molecule has 0 bridgehead atoms. The van der Waals surface area contributed by atoms with Gasteiger partial charge >= 0.3 is 5.97 Å². The van der Waals surface area contributed by atoms with Gasteiger partial charge in [0.1, 0.15) is 5.03 Å². The fourth-order valence-corrected chi connectivity index (χ4v) is 2.25. The number of ether oxygens (including phenoxy) is 1. The van der Waals surface area contributed by atoms with Crippen LogP contribution in [0.25, 0.3) is 0 Å². The lowest BCUT2D eigenvalue weighted by Crippen LogP contribution is -1.94. The van der Waals surface area contributed by atoms with Gasteiger partial charge in [-0.05, 0) is 36.4 Å². The number of hydrogen-bond donors (Lipinski definition) is 1. The maximum absolute atomic E-state index is 10.7. The van der Waals surface area contributed by atoms with Crippen LogP contribution in [0.5, 0.6) is 5.75 Å². The van der Waals surface area contributed by atoms with E-state index in [9.17, 15) is 4.79 Å². The first kappa shape index (κ1) is 12.4. The number of carboxylic acid groups (broad SMARTS) is 1. The molecule has 0 atom stereocenters. The van der Waals surface area contributed by atoms with Crippen molar-refractivity contribution in [2.75, 3.05) is 7.11 Å². The van der Waals surface area contributed by atoms with Gasteiger partial charge in [-0.25, -0.2) is 9.78 Å². The number of hydrogen-bond acceptors (Lipinski definition) is 4. The van der Waals surface area contributed by atoms with Crippen LogP contribution in [0, 0.1) is 0 Å². The molecule has 1 N–H and O–H groups in total. The highest BCUT2D eigenvalue weighted by molar-refractivity contribution is 7.99. The third-order valence-electron chi connectivity index (χ3n) is 2.27. The molecule has 5 heteroatoms. The van der Waals surface area contributed by atoms with E-state index in [1.165, 1.54) is 11.8 Å². The van der Waals surface area contributed by atoms with Gasteiger partial charge in [-0.15, -0.1) is 0 Å². The quantitative estimate of drug-likeness (QED) is 0.917. The summed E-state index contributed by atoms with van der Waals surface area (Å²) in [6, 6.07) is 10.3. The lowest BCUT2D eigenvalue weighted by molar-refractivity contribution is 0.0697. The molecule has 0 amide bonds. The van der Waals surface area contributed by atoms with Crippen LogP contribution < -0.4 is 4.74 Å². The third kappa shape index (κ3) is 2.81. The molecule has 0 saturated carbocycles. The normalized spacial score (nSPS) is 10.1. The van der Waals surface area contributed by atoms with E-state index in [1.54, 1.807) is 43.6 Å². The number of benzene rings is 1. The highest BCUT2D eigenvalue weighted by atomic mass is 32.2. The van der Waals surface area contributed by atoms with Crippen molar-refractivity contribution in [2.24, 2.45) is 0 Å². The van der Waals surface area contributed by atoms with Gasteiger partial charge in [0, 0.05) is 11.1 Å². The second kappa shape index (κ2) is 5.55. The number of carboxylic acids is 1. The first-order chi connectivity index (χ1) is 8.70. The van der Waals surface area contributed by atoms with Crippen LogP contribution in [0.1, 0.15) is 10.4 Å². The summed E-state index contributed by atoms with van der Waals surface area (Å²) in [5.74, 6) is -0.230. The summed E-state index contributed by atoms with van der Waals surface area (Å²) in [4.78, 5) is 15.9. The lowest BCUT2D eigenvalue weighted by atomic mass is 10.2. The SMILES string of the molecule is COc1cccnc1Sc1ccc(C(=O)O)cc1. The molecule has 1 aromatic carbocycles. The van der Waals surface area contributed by atoms with Crippen LogP contribution in [0.15, 0.2) is 52.5 Å². The van der Waals surface area contributed by atoms with Crippen molar-refractivity contribution < 1.29 is 14.6 Å². The molecule has 0 unspecified atom stereocenters. The number of methoxy groups -OCH3 is 1. The maximum atomic E-state index is 10.7. The minimum absolute atomic E-state index is 0.271. The van der Waals surface area contributed by atoms with Crippen molar-refractivity contribution in [1.82, 2.24) is 4.98 Å². The van der Waals surface area contributed by atoms with E-state index in [1.807, 2.05) is 6.07 Å². The highest BCUT2D eigenvalue weighted by Gasteiger charge is 2.07.